The van der Waals surface area contributed by atoms with Crippen molar-refractivity contribution < 1.29 is 9.90 Å². The quantitative estimate of drug-likeness (QED) is 0.789. The molecule has 0 radical (unpaired) electrons. The molecule has 0 saturated heterocycles. The fourth-order valence-corrected chi connectivity index (χ4v) is 2.45. The Morgan fingerprint density at radius 3 is 2.73 bits per heavy atom. The van der Waals surface area contributed by atoms with Gasteiger partial charge in [0.1, 0.15) is 0 Å². The van der Waals surface area contributed by atoms with Crippen LogP contribution in [0.5, 0.6) is 0 Å². The molecule has 0 bridgehead atoms. The van der Waals surface area contributed by atoms with E-state index in [0.717, 1.165) is 24.9 Å². The van der Waals surface area contributed by atoms with Crippen molar-refractivity contribution in [3.63, 3.8) is 0 Å². The molecule has 116 valence electrons. The van der Waals surface area contributed by atoms with Gasteiger partial charge < -0.3 is 10.0 Å². The first-order valence-electron chi connectivity index (χ1n) is 7.69. The maximum atomic E-state index is 12.6. The average molecular weight is 300 g/mol. The molecule has 0 aliphatic heterocycles. The largest absolute Gasteiger partial charge is 0.396 e. The Morgan fingerprint density at radius 2 is 2.05 bits per heavy atom. The van der Waals surface area contributed by atoms with Crippen molar-refractivity contribution in [3.05, 3.63) is 42.2 Å². The fourth-order valence-electron chi connectivity index (χ4n) is 2.45. The summed E-state index contributed by atoms with van der Waals surface area (Å²) in [6.45, 7) is 0.832. The molecule has 6 nitrogen and oxygen atoms in total. The van der Waals surface area contributed by atoms with Gasteiger partial charge in [0, 0.05) is 19.2 Å². The van der Waals surface area contributed by atoms with Crippen LogP contribution in [0.1, 0.15) is 36.2 Å². The molecule has 1 heterocycles. The molecule has 1 aromatic carbocycles. The predicted octanol–water partition coefficient (Wildman–Crippen LogP) is 1.64. The third-order valence-corrected chi connectivity index (χ3v) is 3.79. The Hall–Kier alpha value is -2.21. The number of carbonyl (C=O) groups is 1. The molecule has 0 unspecified atom stereocenters. The number of amides is 1. The molecule has 0 spiro atoms. The zero-order valence-corrected chi connectivity index (χ0v) is 12.4. The number of aliphatic hydroxyl groups excluding tert-OH is 1. The lowest BCUT2D eigenvalue weighted by atomic mass is 10.2. The maximum absolute atomic E-state index is 12.6. The maximum Gasteiger partial charge on any atom is 0.276 e. The first kappa shape index (κ1) is 14.7. The van der Waals surface area contributed by atoms with E-state index in [0.29, 0.717) is 24.7 Å². The average Bonchev–Trinajstić information content (AvgIpc) is 3.27. The minimum atomic E-state index is -0.0670. The number of aliphatic hydroxyl groups is 1. The smallest absolute Gasteiger partial charge is 0.276 e. The Balaban J connectivity index is 1.72. The van der Waals surface area contributed by atoms with E-state index in [1.54, 1.807) is 10.9 Å². The van der Waals surface area contributed by atoms with Crippen LogP contribution in [-0.4, -0.2) is 50.1 Å². The van der Waals surface area contributed by atoms with E-state index in [1.807, 2.05) is 35.2 Å². The van der Waals surface area contributed by atoms with Crippen molar-refractivity contribution in [2.75, 3.05) is 13.2 Å². The summed E-state index contributed by atoms with van der Waals surface area (Å²) in [5, 5.41) is 17.0. The second-order valence-electron chi connectivity index (χ2n) is 5.54. The summed E-state index contributed by atoms with van der Waals surface area (Å²) in [6, 6.07) is 9.94. The van der Waals surface area contributed by atoms with E-state index < -0.39 is 0 Å². The molecule has 22 heavy (non-hydrogen) atoms. The SMILES string of the molecule is O=C(c1cn(-c2ccccc2)nn1)N(CCCCO)C1CC1. The Labute approximate surface area is 129 Å². The van der Waals surface area contributed by atoms with Crippen molar-refractivity contribution >= 4 is 5.91 Å². The third-order valence-electron chi connectivity index (χ3n) is 3.79. The predicted molar refractivity (Wildman–Crippen MR) is 81.7 cm³/mol. The lowest BCUT2D eigenvalue weighted by Crippen LogP contribution is -2.34. The Bertz CT molecular complexity index is 622. The first-order chi connectivity index (χ1) is 10.8. The van der Waals surface area contributed by atoms with E-state index >= 15 is 0 Å². The van der Waals surface area contributed by atoms with Crippen LogP contribution < -0.4 is 0 Å². The van der Waals surface area contributed by atoms with E-state index in [9.17, 15) is 4.79 Å². The summed E-state index contributed by atoms with van der Waals surface area (Å²) in [4.78, 5) is 14.5. The second kappa shape index (κ2) is 6.70. The number of unbranched alkanes of at least 4 members (excludes halogenated alkanes) is 1. The highest BCUT2D eigenvalue weighted by molar-refractivity contribution is 5.92. The van der Waals surface area contributed by atoms with Gasteiger partial charge in [-0.2, -0.15) is 0 Å². The van der Waals surface area contributed by atoms with Crippen LogP contribution >= 0.6 is 0 Å². The van der Waals surface area contributed by atoms with Gasteiger partial charge in [0.05, 0.1) is 11.9 Å². The molecule has 2 aromatic rings. The number of hydrogen-bond donors (Lipinski definition) is 1. The minimum Gasteiger partial charge on any atom is -0.396 e. The second-order valence-corrected chi connectivity index (χ2v) is 5.54. The van der Waals surface area contributed by atoms with Crippen LogP contribution in [0, 0.1) is 0 Å². The van der Waals surface area contributed by atoms with Crippen molar-refractivity contribution in [2.24, 2.45) is 0 Å². The van der Waals surface area contributed by atoms with E-state index in [4.69, 9.17) is 5.11 Å². The van der Waals surface area contributed by atoms with E-state index in [-0.39, 0.29) is 12.5 Å². The monoisotopic (exact) mass is 300 g/mol. The highest BCUT2D eigenvalue weighted by Gasteiger charge is 2.33. The van der Waals surface area contributed by atoms with Crippen LogP contribution in [0.2, 0.25) is 0 Å². The Morgan fingerprint density at radius 1 is 1.27 bits per heavy atom. The van der Waals surface area contributed by atoms with Gasteiger partial charge >= 0.3 is 0 Å². The molecule has 6 heteroatoms. The highest BCUT2D eigenvalue weighted by atomic mass is 16.3. The van der Waals surface area contributed by atoms with Crippen molar-refractivity contribution in [1.82, 2.24) is 19.9 Å². The number of nitrogens with zero attached hydrogens (tertiary/aromatic N) is 4. The summed E-state index contributed by atoms with van der Waals surface area (Å²) in [5.74, 6) is -0.0670. The molecule has 3 rings (SSSR count). The molecular formula is C16H20N4O2. The molecule has 1 fully saturated rings. The van der Waals surface area contributed by atoms with Crippen molar-refractivity contribution in [2.45, 2.75) is 31.7 Å². The van der Waals surface area contributed by atoms with Gasteiger partial charge in [-0.25, -0.2) is 4.68 Å². The molecule has 1 N–H and O–H groups in total. The summed E-state index contributed by atoms with van der Waals surface area (Å²) < 4.78 is 1.62. The lowest BCUT2D eigenvalue weighted by molar-refractivity contribution is 0.0731. The molecule has 1 amide bonds. The van der Waals surface area contributed by atoms with E-state index in [2.05, 4.69) is 10.3 Å². The van der Waals surface area contributed by atoms with Crippen molar-refractivity contribution in [3.8, 4) is 5.69 Å². The fraction of sp³-hybridized carbons (Fsp3) is 0.438. The molecule has 1 aliphatic rings. The number of rotatable bonds is 7. The van der Waals surface area contributed by atoms with E-state index in [1.165, 1.54) is 0 Å². The topological polar surface area (TPSA) is 71.2 Å². The van der Waals surface area contributed by atoms with Gasteiger partial charge in [0.2, 0.25) is 0 Å². The van der Waals surface area contributed by atoms with Gasteiger partial charge in [-0.3, -0.25) is 4.79 Å². The summed E-state index contributed by atoms with van der Waals surface area (Å²) >= 11 is 0. The molecule has 1 aromatic heterocycles. The van der Waals surface area contributed by atoms with Gasteiger partial charge in [0.25, 0.3) is 5.91 Å². The summed E-state index contributed by atoms with van der Waals surface area (Å²) in [5.41, 5.74) is 1.26. The number of para-hydroxylation sites is 1. The van der Waals surface area contributed by atoms with Crippen LogP contribution in [0.25, 0.3) is 5.69 Å². The highest BCUT2D eigenvalue weighted by Crippen LogP contribution is 2.28. The van der Waals surface area contributed by atoms with Crippen molar-refractivity contribution in [1.29, 1.82) is 0 Å². The Kier molecular flexibility index (Phi) is 4.48. The van der Waals surface area contributed by atoms with Gasteiger partial charge in [-0.05, 0) is 37.8 Å². The molecule has 0 atom stereocenters. The number of carbonyl (C=O) groups excluding carboxylic acids is 1. The minimum absolute atomic E-state index is 0.0670. The molecule has 1 aliphatic carbocycles. The van der Waals surface area contributed by atoms with Crippen LogP contribution in [0.3, 0.4) is 0 Å². The lowest BCUT2D eigenvalue weighted by Gasteiger charge is -2.20. The zero-order valence-electron chi connectivity index (χ0n) is 12.4. The van der Waals surface area contributed by atoms with Gasteiger partial charge in [-0.15, -0.1) is 5.10 Å². The number of benzene rings is 1. The summed E-state index contributed by atoms with van der Waals surface area (Å²) in [6.07, 6.45) is 5.31. The normalized spacial score (nSPS) is 14.0. The third kappa shape index (κ3) is 3.33. The van der Waals surface area contributed by atoms with Gasteiger partial charge in [-0.1, -0.05) is 23.4 Å². The zero-order chi connectivity index (χ0) is 15.4. The molecular weight excluding hydrogens is 280 g/mol. The summed E-state index contributed by atoms with van der Waals surface area (Å²) in [7, 11) is 0. The van der Waals surface area contributed by atoms with Crippen LogP contribution in [-0.2, 0) is 0 Å². The standard InChI is InChI=1S/C16H20N4O2/c21-11-5-4-10-19(13-8-9-13)16(22)15-12-20(18-17-15)14-6-2-1-3-7-14/h1-3,6-7,12-13,21H,4-5,8-11H2. The molecule has 1 saturated carbocycles. The van der Waals surface area contributed by atoms with Crippen LogP contribution in [0.15, 0.2) is 36.5 Å². The van der Waals surface area contributed by atoms with Gasteiger partial charge in [0.15, 0.2) is 5.69 Å². The number of aromatic nitrogens is 3. The number of hydrogen-bond acceptors (Lipinski definition) is 4. The van der Waals surface area contributed by atoms with Crippen LogP contribution in [0.4, 0.5) is 0 Å². The first-order valence-corrected chi connectivity index (χ1v) is 7.69.